The van der Waals surface area contributed by atoms with Crippen molar-refractivity contribution in [3.8, 4) is 0 Å². The minimum atomic E-state index is -1.38. The molecule has 8 atom stereocenters. The van der Waals surface area contributed by atoms with E-state index in [2.05, 4.69) is 25.4 Å². The Bertz CT molecular complexity index is 1180. The Hall–Kier alpha value is -3.12. The third-order valence-electron chi connectivity index (χ3n) is 6.65. The highest BCUT2D eigenvalue weighted by Gasteiger charge is 2.49. The fourth-order valence-electron chi connectivity index (χ4n) is 4.80. The number of carbonyl (C=O) groups excluding carboxylic acids is 3. The van der Waals surface area contributed by atoms with Gasteiger partial charge in [0.2, 0.25) is 0 Å². The number of esters is 3. The first-order valence-corrected chi connectivity index (χ1v) is 13.1. The number of hydrogen-bond acceptors (Lipinski definition) is 15. The number of methoxy groups -OCH3 is 2. The number of carbonyl (C=O) groups is 3. The normalized spacial score (nSPS) is 30.9. The molecule has 2 aromatic rings. The maximum absolute atomic E-state index is 12.1. The molecule has 1 saturated heterocycles. The van der Waals surface area contributed by atoms with Crippen molar-refractivity contribution in [3.05, 3.63) is 23.8 Å². The summed E-state index contributed by atoms with van der Waals surface area (Å²) in [6.07, 6.45) is -0.0847. The Labute approximate surface area is 226 Å². The Kier molecular flexibility index (Phi) is 9.16. The van der Waals surface area contributed by atoms with Crippen LogP contribution in [0, 0.1) is 0 Å². The first-order valence-electron chi connectivity index (χ1n) is 12.1. The molecule has 1 aliphatic carbocycles. The maximum atomic E-state index is 12.1. The fourth-order valence-corrected chi connectivity index (χ4v) is 6.37. The topological polar surface area (TPSA) is 210 Å². The standard InChI is InChI=1S/C22H30N6O10S/c1-10(30)37-19-13(27-7-11(23-25-27)20(33)35-2)5-4-6-15(19)39-22-18(32)16(17(31)14(9-29)38-22)28-8-12(24-26-28)21(34)36-3/h7-8,13-19,22,29,31-32H,4-6,9H2,1-3H3/t13-,14+,15+,16-,17-,18+,19+,22-/m0/s1. The Morgan fingerprint density at radius 3 is 2.23 bits per heavy atom. The van der Waals surface area contributed by atoms with Gasteiger partial charge in [-0.2, -0.15) is 0 Å². The highest BCUT2D eigenvalue weighted by atomic mass is 32.2. The molecule has 2 fully saturated rings. The second kappa shape index (κ2) is 12.4. The van der Waals surface area contributed by atoms with E-state index in [0.29, 0.717) is 19.3 Å². The Balaban J connectivity index is 1.59. The number of aliphatic hydroxyl groups excluding tert-OH is 3. The van der Waals surface area contributed by atoms with Crippen LogP contribution in [-0.4, -0.2) is 119 Å². The van der Waals surface area contributed by atoms with Gasteiger partial charge in [0.25, 0.3) is 0 Å². The number of aromatic nitrogens is 6. The van der Waals surface area contributed by atoms with E-state index >= 15 is 0 Å². The van der Waals surface area contributed by atoms with Gasteiger partial charge in [-0.25, -0.2) is 19.0 Å². The van der Waals surface area contributed by atoms with Crippen molar-refractivity contribution in [2.75, 3.05) is 20.8 Å². The van der Waals surface area contributed by atoms with E-state index in [1.165, 1.54) is 50.0 Å². The summed E-state index contributed by atoms with van der Waals surface area (Å²) in [6, 6.07) is -1.59. The van der Waals surface area contributed by atoms with Crippen LogP contribution in [0.25, 0.3) is 0 Å². The molecule has 17 heteroatoms. The average Bonchev–Trinajstić information content (AvgIpc) is 3.61. The van der Waals surface area contributed by atoms with Crippen molar-refractivity contribution >= 4 is 29.7 Å². The van der Waals surface area contributed by atoms with Crippen molar-refractivity contribution in [1.82, 2.24) is 30.0 Å². The zero-order chi connectivity index (χ0) is 28.3. The second-order valence-corrected chi connectivity index (χ2v) is 10.4. The molecule has 3 heterocycles. The van der Waals surface area contributed by atoms with Crippen LogP contribution >= 0.6 is 11.8 Å². The maximum Gasteiger partial charge on any atom is 0.360 e. The van der Waals surface area contributed by atoms with Crippen LogP contribution in [0.2, 0.25) is 0 Å². The molecule has 2 aromatic heterocycles. The number of ether oxygens (including phenoxy) is 4. The molecule has 0 spiro atoms. The first kappa shape index (κ1) is 28.9. The minimum Gasteiger partial charge on any atom is -0.464 e. The zero-order valence-corrected chi connectivity index (χ0v) is 22.2. The van der Waals surface area contributed by atoms with Gasteiger partial charge in [0, 0.05) is 12.2 Å². The summed E-state index contributed by atoms with van der Waals surface area (Å²) in [5, 5.41) is 47.0. The van der Waals surface area contributed by atoms with E-state index < -0.39 is 71.7 Å². The van der Waals surface area contributed by atoms with Gasteiger partial charge in [0.15, 0.2) is 11.4 Å². The SMILES string of the molecule is COC(=O)c1cn([C@H]2[C@@H](O)[C@@H](CO)O[C@@H](S[C@@H]3CCC[C@H](n4cc(C(=O)OC)nn4)[C@H]3OC(C)=O)[C@@H]2O)nn1. The molecule has 2 aliphatic rings. The molecule has 1 saturated carbocycles. The summed E-state index contributed by atoms with van der Waals surface area (Å²) in [4.78, 5) is 35.8. The molecule has 1 aliphatic heterocycles. The molecular weight excluding hydrogens is 540 g/mol. The predicted octanol–water partition coefficient (Wildman–Crippen LogP) is -1.12. The Morgan fingerprint density at radius 1 is 1.03 bits per heavy atom. The summed E-state index contributed by atoms with van der Waals surface area (Å²) < 4.78 is 23.5. The van der Waals surface area contributed by atoms with Gasteiger partial charge in [0.1, 0.15) is 35.9 Å². The summed E-state index contributed by atoms with van der Waals surface area (Å²) >= 11 is 1.17. The number of rotatable bonds is 8. The molecule has 0 bridgehead atoms. The number of hydrogen-bond donors (Lipinski definition) is 3. The van der Waals surface area contributed by atoms with Crippen molar-refractivity contribution in [3.63, 3.8) is 0 Å². The van der Waals surface area contributed by atoms with E-state index in [1.807, 2.05) is 0 Å². The Morgan fingerprint density at radius 2 is 1.64 bits per heavy atom. The average molecular weight is 571 g/mol. The van der Waals surface area contributed by atoms with E-state index in [4.69, 9.17) is 14.2 Å². The molecule has 4 rings (SSSR count). The second-order valence-electron chi connectivity index (χ2n) is 9.09. The van der Waals surface area contributed by atoms with Gasteiger partial charge in [0.05, 0.1) is 39.3 Å². The lowest BCUT2D eigenvalue weighted by Gasteiger charge is -2.44. The van der Waals surface area contributed by atoms with Crippen molar-refractivity contribution < 1.29 is 48.7 Å². The summed E-state index contributed by atoms with van der Waals surface area (Å²) in [7, 11) is 2.41. The molecule has 0 unspecified atom stereocenters. The third kappa shape index (κ3) is 6.06. The van der Waals surface area contributed by atoms with Crippen LogP contribution in [-0.2, 0) is 23.7 Å². The van der Waals surface area contributed by atoms with E-state index in [-0.39, 0.29) is 11.4 Å². The smallest absolute Gasteiger partial charge is 0.360 e. The number of aliphatic hydroxyl groups is 3. The zero-order valence-electron chi connectivity index (χ0n) is 21.4. The molecule has 39 heavy (non-hydrogen) atoms. The summed E-state index contributed by atoms with van der Waals surface area (Å²) in [6.45, 7) is 0.717. The largest absolute Gasteiger partial charge is 0.464 e. The van der Waals surface area contributed by atoms with Gasteiger partial charge in [-0.1, -0.05) is 10.4 Å². The van der Waals surface area contributed by atoms with Crippen LogP contribution in [0.4, 0.5) is 0 Å². The van der Waals surface area contributed by atoms with Crippen LogP contribution in [0.5, 0.6) is 0 Å². The van der Waals surface area contributed by atoms with Gasteiger partial charge < -0.3 is 34.3 Å². The molecular formula is C22H30N6O10S. The number of thioether (sulfide) groups is 1. The highest BCUT2D eigenvalue weighted by molar-refractivity contribution is 8.00. The lowest BCUT2D eigenvalue weighted by molar-refractivity contribution is -0.179. The van der Waals surface area contributed by atoms with Gasteiger partial charge in [-0.15, -0.1) is 22.0 Å². The van der Waals surface area contributed by atoms with Crippen molar-refractivity contribution in [2.45, 2.75) is 73.4 Å². The first-order chi connectivity index (χ1) is 18.7. The van der Waals surface area contributed by atoms with Crippen LogP contribution in [0.15, 0.2) is 12.4 Å². The fraction of sp³-hybridized carbons (Fsp3) is 0.682. The number of nitrogens with zero attached hydrogens (tertiary/aromatic N) is 6. The monoisotopic (exact) mass is 570 g/mol. The predicted molar refractivity (Wildman–Crippen MR) is 129 cm³/mol. The molecule has 0 aromatic carbocycles. The lowest BCUT2D eigenvalue weighted by atomic mass is 9.92. The van der Waals surface area contributed by atoms with E-state index in [0.717, 1.165) is 4.68 Å². The van der Waals surface area contributed by atoms with Gasteiger partial charge in [-0.05, 0) is 19.3 Å². The van der Waals surface area contributed by atoms with E-state index in [1.54, 1.807) is 0 Å². The molecule has 16 nitrogen and oxygen atoms in total. The molecule has 0 radical (unpaired) electrons. The van der Waals surface area contributed by atoms with Gasteiger partial charge >= 0.3 is 17.9 Å². The lowest BCUT2D eigenvalue weighted by Crippen LogP contribution is -2.56. The molecule has 0 amide bonds. The summed E-state index contributed by atoms with van der Waals surface area (Å²) in [5.74, 6) is -1.94. The van der Waals surface area contributed by atoms with Crippen LogP contribution in [0.1, 0.15) is 59.2 Å². The van der Waals surface area contributed by atoms with Crippen LogP contribution < -0.4 is 0 Å². The molecule has 214 valence electrons. The minimum absolute atomic E-state index is 0.00154. The third-order valence-corrected chi connectivity index (χ3v) is 8.16. The van der Waals surface area contributed by atoms with Crippen molar-refractivity contribution in [2.24, 2.45) is 0 Å². The molecule has 3 N–H and O–H groups in total. The quantitative estimate of drug-likeness (QED) is 0.253. The summed E-state index contributed by atoms with van der Waals surface area (Å²) in [5.41, 5.74) is -1.12. The van der Waals surface area contributed by atoms with Crippen LogP contribution in [0.3, 0.4) is 0 Å². The highest BCUT2D eigenvalue weighted by Crippen LogP contribution is 2.43. The van der Waals surface area contributed by atoms with Crippen molar-refractivity contribution in [1.29, 1.82) is 0 Å². The van der Waals surface area contributed by atoms with E-state index in [9.17, 15) is 29.7 Å². The van der Waals surface area contributed by atoms with Gasteiger partial charge in [-0.3, -0.25) is 4.79 Å².